The molecule has 3 N–H and O–H groups in total. The van der Waals surface area contributed by atoms with Crippen LogP contribution in [0.2, 0.25) is 0 Å². The number of ether oxygens (including phenoxy) is 2. The monoisotopic (exact) mass is 302 g/mol. The Morgan fingerprint density at radius 3 is 2.55 bits per heavy atom. The van der Waals surface area contributed by atoms with Gasteiger partial charge in [0, 0.05) is 25.9 Å². The van der Waals surface area contributed by atoms with Crippen LogP contribution in [0.1, 0.15) is 6.92 Å². The van der Waals surface area contributed by atoms with Crippen LogP contribution in [0, 0.1) is 5.92 Å². The summed E-state index contributed by atoms with van der Waals surface area (Å²) in [5, 5.41) is 0. The SMILES string of the molecule is COCC(C)CNS(=O)(=O)CCOc1ccc(N)cc1. The molecule has 0 saturated carbocycles. The van der Waals surface area contributed by atoms with Crippen molar-refractivity contribution in [2.75, 3.05) is 38.4 Å². The molecule has 1 aromatic rings. The molecule has 1 aromatic carbocycles. The van der Waals surface area contributed by atoms with Crippen molar-refractivity contribution in [1.29, 1.82) is 0 Å². The lowest BCUT2D eigenvalue weighted by Crippen LogP contribution is -2.33. The first kappa shape index (κ1) is 16.7. The molecule has 1 unspecified atom stereocenters. The van der Waals surface area contributed by atoms with Gasteiger partial charge in [-0.05, 0) is 30.2 Å². The van der Waals surface area contributed by atoms with Crippen molar-refractivity contribution in [3.63, 3.8) is 0 Å². The molecule has 7 heteroatoms. The van der Waals surface area contributed by atoms with E-state index in [1.165, 1.54) is 0 Å². The summed E-state index contributed by atoms with van der Waals surface area (Å²) in [6, 6.07) is 6.81. The second-order valence-corrected chi connectivity index (χ2v) is 6.57. The van der Waals surface area contributed by atoms with Crippen LogP contribution in [0.4, 0.5) is 5.69 Å². The van der Waals surface area contributed by atoms with Gasteiger partial charge in [0.1, 0.15) is 12.4 Å². The first-order valence-corrected chi connectivity index (χ1v) is 8.03. The van der Waals surface area contributed by atoms with Crippen molar-refractivity contribution >= 4 is 15.7 Å². The number of methoxy groups -OCH3 is 1. The van der Waals surface area contributed by atoms with Crippen LogP contribution in [0.15, 0.2) is 24.3 Å². The molecule has 0 aliphatic carbocycles. The van der Waals surface area contributed by atoms with Crippen LogP contribution in [-0.2, 0) is 14.8 Å². The minimum atomic E-state index is -3.33. The highest BCUT2D eigenvalue weighted by molar-refractivity contribution is 7.89. The number of nitrogens with one attached hydrogen (secondary N) is 1. The maximum atomic E-state index is 11.7. The number of sulfonamides is 1. The van der Waals surface area contributed by atoms with E-state index in [9.17, 15) is 8.42 Å². The van der Waals surface area contributed by atoms with Gasteiger partial charge in [-0.3, -0.25) is 0 Å². The second-order valence-electron chi connectivity index (χ2n) is 4.65. The normalized spacial score (nSPS) is 13.1. The second kappa shape index (κ2) is 8.08. The Morgan fingerprint density at radius 2 is 1.95 bits per heavy atom. The molecule has 1 atom stereocenters. The molecule has 0 bridgehead atoms. The van der Waals surface area contributed by atoms with Crippen molar-refractivity contribution < 1.29 is 17.9 Å². The van der Waals surface area contributed by atoms with Crippen molar-refractivity contribution in [2.24, 2.45) is 5.92 Å². The third-order valence-corrected chi connectivity index (χ3v) is 3.91. The minimum Gasteiger partial charge on any atom is -0.492 e. The van der Waals surface area contributed by atoms with Crippen molar-refractivity contribution in [1.82, 2.24) is 4.72 Å². The third-order valence-electron chi connectivity index (χ3n) is 2.60. The van der Waals surface area contributed by atoms with Gasteiger partial charge in [-0.15, -0.1) is 0 Å². The maximum Gasteiger partial charge on any atom is 0.214 e. The van der Waals surface area contributed by atoms with Crippen molar-refractivity contribution in [3.8, 4) is 5.75 Å². The predicted octanol–water partition coefficient (Wildman–Crippen LogP) is 0.850. The summed E-state index contributed by atoms with van der Waals surface area (Å²) in [5.41, 5.74) is 6.18. The molecule has 0 saturated heterocycles. The largest absolute Gasteiger partial charge is 0.492 e. The fourth-order valence-electron chi connectivity index (χ4n) is 1.52. The van der Waals surface area contributed by atoms with E-state index in [-0.39, 0.29) is 18.3 Å². The molecule has 0 aromatic heterocycles. The molecule has 0 amide bonds. The summed E-state index contributed by atoms with van der Waals surface area (Å²) in [6.45, 7) is 2.89. The standard InChI is InChI=1S/C13H22N2O4S/c1-11(10-18-2)9-15-20(16,17)8-7-19-13-5-3-12(14)4-6-13/h3-6,11,15H,7-10,14H2,1-2H3. The highest BCUT2D eigenvalue weighted by Crippen LogP contribution is 2.12. The van der Waals surface area contributed by atoms with E-state index in [0.29, 0.717) is 24.6 Å². The minimum absolute atomic E-state index is 0.0862. The molecule has 0 radical (unpaired) electrons. The van der Waals surface area contributed by atoms with Gasteiger partial charge >= 0.3 is 0 Å². The number of hydrogen-bond acceptors (Lipinski definition) is 5. The molecule has 0 fully saturated rings. The fraction of sp³-hybridized carbons (Fsp3) is 0.538. The van der Waals surface area contributed by atoms with Gasteiger partial charge in [0.15, 0.2) is 0 Å². The zero-order chi connectivity index (χ0) is 15.0. The van der Waals surface area contributed by atoms with Gasteiger partial charge in [0.05, 0.1) is 5.75 Å². The van der Waals surface area contributed by atoms with E-state index in [1.54, 1.807) is 31.4 Å². The number of nitrogen functional groups attached to an aromatic ring is 1. The lowest BCUT2D eigenvalue weighted by atomic mass is 10.2. The molecule has 6 nitrogen and oxygen atoms in total. The van der Waals surface area contributed by atoms with Crippen molar-refractivity contribution in [3.05, 3.63) is 24.3 Å². The van der Waals surface area contributed by atoms with E-state index in [2.05, 4.69) is 4.72 Å². The smallest absolute Gasteiger partial charge is 0.214 e. The number of hydrogen-bond donors (Lipinski definition) is 2. The van der Waals surface area contributed by atoms with E-state index in [4.69, 9.17) is 15.2 Å². The molecular formula is C13H22N2O4S. The molecular weight excluding hydrogens is 280 g/mol. The number of benzene rings is 1. The molecule has 0 aliphatic heterocycles. The van der Waals surface area contributed by atoms with Gasteiger partial charge in [-0.2, -0.15) is 0 Å². The predicted molar refractivity (Wildman–Crippen MR) is 79.2 cm³/mol. The average Bonchev–Trinajstić information content (AvgIpc) is 2.39. The van der Waals surface area contributed by atoms with E-state index < -0.39 is 10.0 Å². The van der Waals surface area contributed by atoms with Crippen molar-refractivity contribution in [2.45, 2.75) is 6.92 Å². The molecule has 0 heterocycles. The van der Waals surface area contributed by atoms with Gasteiger partial charge in [0.2, 0.25) is 10.0 Å². The zero-order valence-electron chi connectivity index (χ0n) is 11.8. The summed E-state index contributed by atoms with van der Waals surface area (Å²) in [6.07, 6.45) is 0. The van der Waals surface area contributed by atoms with Crippen LogP contribution in [0.3, 0.4) is 0 Å². The molecule has 0 spiro atoms. The summed E-state index contributed by atoms with van der Waals surface area (Å²) >= 11 is 0. The maximum absolute atomic E-state index is 11.7. The van der Waals surface area contributed by atoms with Gasteiger partial charge in [-0.25, -0.2) is 13.1 Å². The molecule has 0 aliphatic rings. The van der Waals surface area contributed by atoms with Gasteiger partial charge < -0.3 is 15.2 Å². The summed E-state index contributed by atoms with van der Waals surface area (Å²) in [4.78, 5) is 0. The Labute approximate surface area is 120 Å². The number of nitrogens with two attached hydrogens (primary N) is 1. The van der Waals surface area contributed by atoms with E-state index >= 15 is 0 Å². The Hall–Kier alpha value is -1.31. The number of anilines is 1. The lowest BCUT2D eigenvalue weighted by molar-refractivity contribution is 0.161. The summed E-state index contributed by atoms with van der Waals surface area (Å²) in [5.74, 6) is 0.645. The fourth-order valence-corrected chi connectivity index (χ4v) is 2.50. The molecule has 114 valence electrons. The van der Waals surface area contributed by atoms with Gasteiger partial charge in [0.25, 0.3) is 0 Å². The number of rotatable bonds is 9. The topological polar surface area (TPSA) is 90.6 Å². The Bertz CT molecular complexity index is 488. The highest BCUT2D eigenvalue weighted by Gasteiger charge is 2.12. The summed E-state index contributed by atoms with van der Waals surface area (Å²) < 4.78 is 36.3. The third kappa shape index (κ3) is 6.74. The molecule has 20 heavy (non-hydrogen) atoms. The van der Waals surface area contributed by atoms with Crippen LogP contribution in [0.25, 0.3) is 0 Å². The Balaban J connectivity index is 2.30. The first-order chi connectivity index (χ1) is 9.43. The molecule has 1 rings (SSSR count). The van der Waals surface area contributed by atoms with Gasteiger partial charge in [-0.1, -0.05) is 6.92 Å². The Morgan fingerprint density at radius 1 is 1.30 bits per heavy atom. The zero-order valence-corrected chi connectivity index (χ0v) is 12.7. The first-order valence-electron chi connectivity index (χ1n) is 6.37. The lowest BCUT2D eigenvalue weighted by Gasteiger charge is -2.12. The Kier molecular flexibility index (Phi) is 6.77. The van der Waals surface area contributed by atoms with Crippen LogP contribution in [-0.4, -0.2) is 41.0 Å². The van der Waals surface area contributed by atoms with Crippen LogP contribution < -0.4 is 15.2 Å². The van der Waals surface area contributed by atoms with Crippen LogP contribution >= 0.6 is 0 Å². The quantitative estimate of drug-likeness (QED) is 0.660. The van der Waals surface area contributed by atoms with E-state index in [1.807, 2.05) is 6.92 Å². The van der Waals surface area contributed by atoms with E-state index in [0.717, 1.165) is 0 Å². The summed E-state index contributed by atoms with van der Waals surface area (Å²) in [7, 11) is -1.74. The average molecular weight is 302 g/mol. The highest BCUT2D eigenvalue weighted by atomic mass is 32.2. The van der Waals surface area contributed by atoms with Crippen LogP contribution in [0.5, 0.6) is 5.75 Å².